The number of piperidine rings is 1. The second kappa shape index (κ2) is 8.06. The molecular formula is C19H23N3O4S. The molecule has 0 bridgehead atoms. The monoisotopic (exact) mass is 389 g/mol. The number of pyridine rings is 1. The Labute approximate surface area is 158 Å². The van der Waals surface area contributed by atoms with Crippen LogP contribution in [-0.4, -0.2) is 48.6 Å². The Morgan fingerprint density at radius 2 is 1.93 bits per heavy atom. The quantitative estimate of drug-likeness (QED) is 0.828. The van der Waals surface area contributed by atoms with Crippen LogP contribution >= 0.6 is 0 Å². The molecule has 1 unspecified atom stereocenters. The number of benzene rings is 1. The molecule has 0 saturated carbocycles. The average molecular weight is 389 g/mol. The molecular weight excluding hydrogens is 366 g/mol. The third-order valence-electron chi connectivity index (χ3n) is 4.65. The van der Waals surface area contributed by atoms with Crippen LogP contribution in [0, 0.1) is 0 Å². The fraction of sp³-hybridized carbons (Fsp3) is 0.368. The standard InChI is InChI=1S/C19H23N3O4S/c1-27(25,26)22-12-5-9-16(14-22)20-18(23)17-10-6-11-21(19(17)24)13-15-7-3-2-4-8-15/h2-4,6-8,10-11,16H,5,9,12-14H2,1H3,(H,20,23). The Balaban J connectivity index is 1.73. The van der Waals surface area contributed by atoms with Gasteiger partial charge in [0.1, 0.15) is 5.56 Å². The first-order valence-corrected chi connectivity index (χ1v) is 10.7. The van der Waals surface area contributed by atoms with Crippen molar-refractivity contribution >= 4 is 15.9 Å². The maximum Gasteiger partial charge on any atom is 0.263 e. The number of nitrogens with zero attached hydrogens (tertiary/aromatic N) is 2. The molecule has 1 aromatic heterocycles. The minimum atomic E-state index is -3.29. The maximum atomic E-state index is 12.7. The molecule has 27 heavy (non-hydrogen) atoms. The molecule has 0 radical (unpaired) electrons. The number of rotatable bonds is 5. The van der Waals surface area contributed by atoms with E-state index in [0.717, 1.165) is 11.8 Å². The van der Waals surface area contributed by atoms with E-state index in [9.17, 15) is 18.0 Å². The number of carbonyl (C=O) groups is 1. The van der Waals surface area contributed by atoms with Gasteiger partial charge in [-0.3, -0.25) is 9.59 Å². The first-order chi connectivity index (χ1) is 12.8. The molecule has 144 valence electrons. The minimum Gasteiger partial charge on any atom is -0.348 e. The Kier molecular flexibility index (Phi) is 5.76. The highest BCUT2D eigenvalue weighted by Crippen LogP contribution is 2.13. The van der Waals surface area contributed by atoms with Crippen molar-refractivity contribution in [3.05, 3.63) is 70.1 Å². The Bertz CT molecular complexity index is 970. The molecule has 8 heteroatoms. The first-order valence-electron chi connectivity index (χ1n) is 8.84. The van der Waals surface area contributed by atoms with E-state index in [-0.39, 0.29) is 23.7 Å². The Morgan fingerprint density at radius 3 is 2.63 bits per heavy atom. The molecule has 1 aromatic carbocycles. The smallest absolute Gasteiger partial charge is 0.263 e. The highest BCUT2D eigenvalue weighted by Gasteiger charge is 2.27. The van der Waals surface area contributed by atoms with Crippen LogP contribution in [0.15, 0.2) is 53.5 Å². The zero-order valence-corrected chi connectivity index (χ0v) is 16.0. The zero-order valence-electron chi connectivity index (χ0n) is 15.2. The van der Waals surface area contributed by atoms with Crippen LogP contribution in [0.25, 0.3) is 0 Å². The number of aromatic nitrogens is 1. The molecule has 1 N–H and O–H groups in total. The van der Waals surface area contributed by atoms with Crippen LogP contribution < -0.4 is 10.9 Å². The zero-order chi connectivity index (χ0) is 19.4. The fourth-order valence-corrected chi connectivity index (χ4v) is 4.15. The summed E-state index contributed by atoms with van der Waals surface area (Å²) in [5.74, 6) is -0.470. The van der Waals surface area contributed by atoms with Gasteiger partial charge in [0.15, 0.2) is 0 Å². The summed E-state index contributed by atoms with van der Waals surface area (Å²) in [5, 5.41) is 2.81. The molecule has 1 amide bonds. The fourth-order valence-electron chi connectivity index (χ4n) is 3.24. The van der Waals surface area contributed by atoms with Gasteiger partial charge in [0, 0.05) is 25.3 Å². The summed E-state index contributed by atoms with van der Waals surface area (Å²) in [6.45, 7) is 1.07. The molecule has 1 aliphatic rings. The molecule has 1 aliphatic heterocycles. The van der Waals surface area contributed by atoms with Crippen molar-refractivity contribution in [2.24, 2.45) is 0 Å². The molecule has 7 nitrogen and oxygen atoms in total. The van der Waals surface area contributed by atoms with Crippen LogP contribution in [-0.2, 0) is 16.6 Å². The molecule has 0 aliphatic carbocycles. The van der Waals surface area contributed by atoms with Crippen molar-refractivity contribution in [3.8, 4) is 0 Å². The summed E-state index contributed by atoms with van der Waals surface area (Å²) < 4.78 is 26.3. The van der Waals surface area contributed by atoms with Gasteiger partial charge < -0.3 is 9.88 Å². The van der Waals surface area contributed by atoms with Gasteiger partial charge >= 0.3 is 0 Å². The number of nitrogens with one attached hydrogen (secondary N) is 1. The molecule has 1 fully saturated rings. The topological polar surface area (TPSA) is 88.5 Å². The summed E-state index contributed by atoms with van der Waals surface area (Å²) in [6, 6.07) is 12.4. The lowest BCUT2D eigenvalue weighted by Crippen LogP contribution is -2.50. The number of carbonyl (C=O) groups excluding carboxylic acids is 1. The Hall–Kier alpha value is -2.45. The van der Waals surface area contributed by atoms with Crippen molar-refractivity contribution in [3.63, 3.8) is 0 Å². The predicted octanol–water partition coefficient (Wildman–Crippen LogP) is 1.05. The maximum absolute atomic E-state index is 12.7. The summed E-state index contributed by atoms with van der Waals surface area (Å²) in [5.41, 5.74) is 0.660. The second-order valence-corrected chi connectivity index (χ2v) is 8.76. The highest BCUT2D eigenvalue weighted by atomic mass is 32.2. The van der Waals surface area contributed by atoms with E-state index in [1.54, 1.807) is 12.3 Å². The van der Waals surface area contributed by atoms with E-state index < -0.39 is 15.9 Å². The van der Waals surface area contributed by atoms with Crippen molar-refractivity contribution in [1.82, 2.24) is 14.2 Å². The lowest BCUT2D eigenvalue weighted by atomic mass is 10.1. The number of hydrogen-bond donors (Lipinski definition) is 1. The number of sulfonamides is 1. The van der Waals surface area contributed by atoms with Gasteiger partial charge in [-0.05, 0) is 30.5 Å². The molecule has 0 spiro atoms. The van der Waals surface area contributed by atoms with Crippen molar-refractivity contribution in [2.75, 3.05) is 19.3 Å². The van der Waals surface area contributed by atoms with E-state index in [1.807, 2.05) is 30.3 Å². The minimum absolute atomic E-state index is 0.0601. The van der Waals surface area contributed by atoms with E-state index in [0.29, 0.717) is 25.9 Å². The van der Waals surface area contributed by atoms with E-state index in [4.69, 9.17) is 0 Å². The number of amides is 1. The van der Waals surface area contributed by atoms with Crippen LogP contribution in [0.5, 0.6) is 0 Å². The van der Waals surface area contributed by atoms with E-state index >= 15 is 0 Å². The summed E-state index contributed by atoms with van der Waals surface area (Å²) >= 11 is 0. The van der Waals surface area contributed by atoms with Gasteiger partial charge in [-0.25, -0.2) is 12.7 Å². The Morgan fingerprint density at radius 1 is 1.19 bits per heavy atom. The van der Waals surface area contributed by atoms with Gasteiger partial charge in [0.2, 0.25) is 10.0 Å². The molecule has 2 heterocycles. The van der Waals surface area contributed by atoms with Gasteiger partial charge in [0.05, 0.1) is 12.8 Å². The largest absolute Gasteiger partial charge is 0.348 e. The predicted molar refractivity (Wildman–Crippen MR) is 103 cm³/mol. The van der Waals surface area contributed by atoms with Crippen LogP contribution in [0.1, 0.15) is 28.8 Å². The van der Waals surface area contributed by atoms with E-state index in [1.165, 1.54) is 14.9 Å². The first kappa shape index (κ1) is 19.3. The molecule has 3 rings (SSSR count). The van der Waals surface area contributed by atoms with Crippen LogP contribution in [0.3, 0.4) is 0 Å². The van der Waals surface area contributed by atoms with Crippen molar-refractivity contribution < 1.29 is 13.2 Å². The third kappa shape index (κ3) is 4.84. The molecule has 1 saturated heterocycles. The lowest BCUT2D eigenvalue weighted by Gasteiger charge is -2.31. The second-order valence-electron chi connectivity index (χ2n) is 6.77. The van der Waals surface area contributed by atoms with Crippen molar-refractivity contribution in [2.45, 2.75) is 25.4 Å². The summed E-state index contributed by atoms with van der Waals surface area (Å²) in [7, 11) is -3.29. The molecule has 2 aromatic rings. The SMILES string of the molecule is CS(=O)(=O)N1CCCC(NC(=O)c2cccn(Cc3ccccc3)c2=O)C1. The van der Waals surface area contributed by atoms with Crippen LogP contribution in [0.4, 0.5) is 0 Å². The lowest BCUT2D eigenvalue weighted by molar-refractivity contribution is 0.0919. The van der Waals surface area contributed by atoms with Gasteiger partial charge in [-0.2, -0.15) is 0 Å². The van der Waals surface area contributed by atoms with Gasteiger partial charge in [-0.15, -0.1) is 0 Å². The van der Waals surface area contributed by atoms with Crippen LogP contribution in [0.2, 0.25) is 0 Å². The number of hydrogen-bond acceptors (Lipinski definition) is 4. The summed E-state index contributed by atoms with van der Waals surface area (Å²) in [6.07, 6.45) is 4.17. The average Bonchev–Trinajstić information content (AvgIpc) is 2.64. The summed E-state index contributed by atoms with van der Waals surface area (Å²) in [4.78, 5) is 25.3. The highest BCUT2D eigenvalue weighted by molar-refractivity contribution is 7.88. The third-order valence-corrected chi connectivity index (χ3v) is 5.92. The van der Waals surface area contributed by atoms with E-state index in [2.05, 4.69) is 5.32 Å². The molecule has 1 atom stereocenters. The van der Waals surface area contributed by atoms with Gasteiger partial charge in [0.25, 0.3) is 11.5 Å². The normalized spacial score (nSPS) is 18.2. The van der Waals surface area contributed by atoms with Crippen molar-refractivity contribution in [1.29, 1.82) is 0 Å². The van der Waals surface area contributed by atoms with Gasteiger partial charge in [-0.1, -0.05) is 30.3 Å².